The summed E-state index contributed by atoms with van der Waals surface area (Å²) in [5.41, 5.74) is 7.97. The molecule has 0 spiro atoms. The topological polar surface area (TPSA) is 89.3 Å². The van der Waals surface area contributed by atoms with Crippen LogP contribution < -0.4 is 16.4 Å². The zero-order valence-corrected chi connectivity index (χ0v) is 15.7. The van der Waals surface area contributed by atoms with Crippen molar-refractivity contribution in [3.05, 3.63) is 28.9 Å². The van der Waals surface area contributed by atoms with Gasteiger partial charge < -0.3 is 21.1 Å². The molecule has 0 aliphatic rings. The standard InChI is InChI=1S/C17H23BrN4O2/c1-17(2,3)24-16(23)21-8-4-7-20-14-6-5-13(19)12-9-11(18)10-22-15(12)14/h5-6,9-10,20H,4,7-8,19H2,1-3H3,(H,21,23). The number of hydrogen-bond acceptors (Lipinski definition) is 5. The lowest BCUT2D eigenvalue weighted by Gasteiger charge is -2.19. The number of pyridine rings is 1. The largest absolute Gasteiger partial charge is 0.444 e. The zero-order chi connectivity index (χ0) is 17.7. The van der Waals surface area contributed by atoms with Crippen molar-refractivity contribution in [2.75, 3.05) is 24.1 Å². The van der Waals surface area contributed by atoms with Crippen molar-refractivity contribution in [3.63, 3.8) is 0 Å². The molecule has 0 aliphatic heterocycles. The fourth-order valence-electron chi connectivity index (χ4n) is 2.17. The van der Waals surface area contributed by atoms with Crippen LogP contribution in [0.3, 0.4) is 0 Å². The average molecular weight is 395 g/mol. The molecule has 2 rings (SSSR count). The molecule has 0 unspecified atom stereocenters. The van der Waals surface area contributed by atoms with Crippen molar-refractivity contribution in [2.45, 2.75) is 32.8 Å². The number of rotatable bonds is 5. The molecule has 0 bridgehead atoms. The normalized spacial score (nSPS) is 11.3. The number of nitrogens with one attached hydrogen (secondary N) is 2. The molecule has 1 heterocycles. The molecule has 130 valence electrons. The van der Waals surface area contributed by atoms with Crippen molar-refractivity contribution in [3.8, 4) is 0 Å². The number of anilines is 2. The number of alkyl carbamates (subject to hydrolysis) is 1. The Balaban J connectivity index is 1.86. The summed E-state index contributed by atoms with van der Waals surface area (Å²) in [4.78, 5) is 16.0. The third-order valence-electron chi connectivity index (χ3n) is 3.19. The Bertz CT molecular complexity index is 728. The van der Waals surface area contributed by atoms with Crippen LogP contribution in [0.4, 0.5) is 16.2 Å². The lowest BCUT2D eigenvalue weighted by Crippen LogP contribution is -2.33. The number of ether oxygens (including phenoxy) is 1. The number of benzene rings is 1. The molecule has 7 heteroatoms. The van der Waals surface area contributed by atoms with Crippen LogP contribution in [0, 0.1) is 0 Å². The first-order valence-electron chi connectivity index (χ1n) is 7.81. The summed E-state index contributed by atoms with van der Waals surface area (Å²) in [5.74, 6) is 0. The molecule has 0 saturated heterocycles. The third kappa shape index (κ3) is 5.26. The fourth-order valence-corrected chi connectivity index (χ4v) is 2.51. The van der Waals surface area contributed by atoms with Gasteiger partial charge >= 0.3 is 6.09 Å². The molecular weight excluding hydrogens is 372 g/mol. The highest BCUT2D eigenvalue weighted by Crippen LogP contribution is 2.28. The molecule has 1 aromatic carbocycles. The summed E-state index contributed by atoms with van der Waals surface area (Å²) < 4.78 is 6.08. The van der Waals surface area contributed by atoms with Gasteiger partial charge in [-0.3, -0.25) is 4.98 Å². The lowest BCUT2D eigenvalue weighted by molar-refractivity contribution is 0.0528. The van der Waals surface area contributed by atoms with Crippen LogP contribution in [0.15, 0.2) is 28.9 Å². The third-order valence-corrected chi connectivity index (χ3v) is 3.62. The number of hydrogen-bond donors (Lipinski definition) is 3. The van der Waals surface area contributed by atoms with Crippen LogP contribution in [-0.2, 0) is 4.74 Å². The second-order valence-electron chi connectivity index (χ2n) is 6.46. The molecule has 0 saturated carbocycles. The van der Waals surface area contributed by atoms with Gasteiger partial charge in [-0.2, -0.15) is 0 Å². The number of nitrogen functional groups attached to an aromatic ring is 1. The molecule has 1 amide bonds. The van der Waals surface area contributed by atoms with E-state index in [1.165, 1.54) is 0 Å². The van der Waals surface area contributed by atoms with E-state index in [0.717, 1.165) is 27.5 Å². The number of carbonyl (C=O) groups excluding carboxylic acids is 1. The van der Waals surface area contributed by atoms with Gasteiger partial charge in [0, 0.05) is 34.8 Å². The number of aromatic nitrogens is 1. The van der Waals surface area contributed by atoms with E-state index in [1.54, 1.807) is 6.20 Å². The number of carbonyl (C=O) groups is 1. The van der Waals surface area contributed by atoms with Gasteiger partial charge in [0.2, 0.25) is 0 Å². The Morgan fingerprint density at radius 3 is 2.79 bits per heavy atom. The van der Waals surface area contributed by atoms with Crippen molar-refractivity contribution < 1.29 is 9.53 Å². The van der Waals surface area contributed by atoms with Gasteiger partial charge in [-0.25, -0.2) is 4.79 Å². The second-order valence-corrected chi connectivity index (χ2v) is 7.38. The monoisotopic (exact) mass is 394 g/mol. The molecule has 4 N–H and O–H groups in total. The van der Waals surface area contributed by atoms with Crippen molar-refractivity contribution in [2.24, 2.45) is 0 Å². The molecule has 6 nitrogen and oxygen atoms in total. The molecular formula is C17H23BrN4O2. The van der Waals surface area contributed by atoms with Gasteiger partial charge in [0.25, 0.3) is 0 Å². The number of nitrogens with two attached hydrogens (primary N) is 1. The highest BCUT2D eigenvalue weighted by molar-refractivity contribution is 9.10. The van der Waals surface area contributed by atoms with E-state index in [2.05, 4.69) is 31.5 Å². The molecule has 0 fully saturated rings. The van der Waals surface area contributed by atoms with Gasteiger partial charge in [0.15, 0.2) is 0 Å². The Labute approximate surface area is 150 Å². The smallest absolute Gasteiger partial charge is 0.407 e. The molecule has 0 atom stereocenters. The maximum atomic E-state index is 11.6. The Kier molecular flexibility index (Phi) is 5.88. The fraction of sp³-hybridized carbons (Fsp3) is 0.412. The quantitative estimate of drug-likeness (QED) is 0.528. The van der Waals surface area contributed by atoms with E-state index >= 15 is 0 Å². The zero-order valence-electron chi connectivity index (χ0n) is 14.1. The van der Waals surface area contributed by atoms with Crippen molar-refractivity contribution in [1.29, 1.82) is 0 Å². The Hall–Kier alpha value is -2.02. The maximum Gasteiger partial charge on any atom is 0.407 e. The van der Waals surface area contributed by atoms with Gasteiger partial charge in [-0.15, -0.1) is 0 Å². The van der Waals surface area contributed by atoms with Crippen LogP contribution in [-0.4, -0.2) is 29.8 Å². The van der Waals surface area contributed by atoms with Crippen LogP contribution in [0.25, 0.3) is 10.9 Å². The van der Waals surface area contributed by atoms with Crippen molar-refractivity contribution in [1.82, 2.24) is 10.3 Å². The molecule has 0 aliphatic carbocycles. The van der Waals surface area contributed by atoms with Crippen molar-refractivity contribution >= 4 is 44.3 Å². The molecule has 1 aromatic heterocycles. The first-order valence-corrected chi connectivity index (χ1v) is 8.60. The minimum Gasteiger partial charge on any atom is -0.444 e. The van der Waals surface area contributed by atoms with E-state index in [9.17, 15) is 4.79 Å². The predicted octanol–water partition coefficient (Wildman–Crippen LogP) is 3.91. The number of nitrogens with zero attached hydrogens (tertiary/aromatic N) is 1. The van der Waals surface area contributed by atoms with Gasteiger partial charge in [0.05, 0.1) is 11.2 Å². The first-order chi connectivity index (χ1) is 11.3. The highest BCUT2D eigenvalue weighted by atomic mass is 79.9. The number of amides is 1. The average Bonchev–Trinajstić information content (AvgIpc) is 2.47. The summed E-state index contributed by atoms with van der Waals surface area (Å²) in [7, 11) is 0. The summed E-state index contributed by atoms with van der Waals surface area (Å²) >= 11 is 3.41. The molecule has 0 radical (unpaired) electrons. The minimum atomic E-state index is -0.481. The van der Waals surface area contributed by atoms with E-state index < -0.39 is 11.7 Å². The van der Waals surface area contributed by atoms with E-state index in [4.69, 9.17) is 10.5 Å². The lowest BCUT2D eigenvalue weighted by atomic mass is 10.1. The number of halogens is 1. The molecule has 2 aromatic rings. The maximum absolute atomic E-state index is 11.6. The van der Waals surface area contributed by atoms with Crippen LogP contribution >= 0.6 is 15.9 Å². The van der Waals surface area contributed by atoms with E-state index in [-0.39, 0.29) is 0 Å². The summed E-state index contributed by atoms with van der Waals surface area (Å²) in [6, 6.07) is 5.73. The first kappa shape index (κ1) is 18.3. The summed E-state index contributed by atoms with van der Waals surface area (Å²) in [5, 5.41) is 6.97. The number of fused-ring (bicyclic) bond motifs is 1. The van der Waals surface area contributed by atoms with E-state index in [1.807, 2.05) is 39.0 Å². The summed E-state index contributed by atoms with van der Waals surface area (Å²) in [6.07, 6.45) is 2.12. The van der Waals surface area contributed by atoms with Gasteiger partial charge in [-0.1, -0.05) is 0 Å². The molecule has 24 heavy (non-hydrogen) atoms. The highest BCUT2D eigenvalue weighted by Gasteiger charge is 2.15. The summed E-state index contributed by atoms with van der Waals surface area (Å²) in [6.45, 7) is 6.75. The minimum absolute atomic E-state index is 0.396. The van der Waals surface area contributed by atoms with Crippen LogP contribution in [0.5, 0.6) is 0 Å². The second kappa shape index (κ2) is 7.70. The van der Waals surface area contributed by atoms with Gasteiger partial charge in [-0.05, 0) is 61.3 Å². The Morgan fingerprint density at radius 1 is 1.33 bits per heavy atom. The SMILES string of the molecule is CC(C)(C)OC(=O)NCCCNc1ccc(N)c2cc(Br)cnc12. The Morgan fingerprint density at radius 2 is 2.08 bits per heavy atom. The van der Waals surface area contributed by atoms with E-state index in [0.29, 0.717) is 18.8 Å². The van der Waals surface area contributed by atoms with Crippen LogP contribution in [0.1, 0.15) is 27.2 Å². The predicted molar refractivity (Wildman–Crippen MR) is 101 cm³/mol. The van der Waals surface area contributed by atoms with Gasteiger partial charge in [0.1, 0.15) is 5.60 Å². The van der Waals surface area contributed by atoms with Crippen LogP contribution in [0.2, 0.25) is 0 Å².